The Labute approximate surface area is 153 Å². The first-order valence-corrected chi connectivity index (χ1v) is 8.88. The predicted molar refractivity (Wildman–Crippen MR) is 104 cm³/mol. The molecule has 128 valence electrons. The molecule has 0 saturated heterocycles. The van der Waals surface area contributed by atoms with Gasteiger partial charge < -0.3 is 10.2 Å². The van der Waals surface area contributed by atoms with Crippen LogP contribution in [-0.2, 0) is 0 Å². The molecule has 3 rings (SSSR count). The monoisotopic (exact) mass is 352 g/mol. The maximum absolute atomic E-state index is 9.63. The number of aromatic hydroxyl groups is 2. The average molecular weight is 353 g/mol. The molecule has 2 aromatic carbocycles. The van der Waals surface area contributed by atoms with Crippen molar-refractivity contribution in [3.05, 3.63) is 89.0 Å². The summed E-state index contributed by atoms with van der Waals surface area (Å²) in [6, 6.07) is 14.4. The van der Waals surface area contributed by atoms with Crippen molar-refractivity contribution < 1.29 is 10.2 Å². The van der Waals surface area contributed by atoms with Crippen LogP contribution in [0.4, 0.5) is 0 Å². The molecule has 3 heteroatoms. The smallest absolute Gasteiger partial charge is 0.115 e. The van der Waals surface area contributed by atoms with E-state index in [0.717, 1.165) is 36.0 Å². The third-order valence-corrected chi connectivity index (χ3v) is 4.56. The number of hydrogen-bond donors (Lipinski definition) is 2. The van der Waals surface area contributed by atoms with E-state index < -0.39 is 0 Å². The minimum atomic E-state index is 0.241. The molecule has 2 aromatic rings. The summed E-state index contributed by atoms with van der Waals surface area (Å²) in [6.45, 7) is 4.03. The van der Waals surface area contributed by atoms with Gasteiger partial charge in [0.15, 0.2) is 0 Å². The van der Waals surface area contributed by atoms with E-state index in [1.54, 1.807) is 24.3 Å². The summed E-state index contributed by atoms with van der Waals surface area (Å²) in [7, 11) is 0. The summed E-state index contributed by atoms with van der Waals surface area (Å²) in [4.78, 5) is 0. The van der Waals surface area contributed by atoms with Crippen molar-refractivity contribution in [1.29, 1.82) is 0 Å². The first-order chi connectivity index (χ1) is 12.1. The third kappa shape index (κ3) is 4.34. The minimum absolute atomic E-state index is 0.241. The average Bonchev–Trinajstić information content (AvgIpc) is 3.31. The van der Waals surface area contributed by atoms with Crippen LogP contribution in [-0.4, -0.2) is 16.1 Å². The molecule has 0 aliphatic heterocycles. The van der Waals surface area contributed by atoms with Crippen molar-refractivity contribution in [3.8, 4) is 11.5 Å². The Balaban J connectivity index is 2.16. The molecule has 0 bridgehead atoms. The standard InChI is InChI=1S/C22H21ClO2/c1-15-13-19(15)14-18(3-2-12-23)22(16-4-8-20(24)9-5-16)17-6-10-21(25)11-7-17/h4-11,14,24-25H,1-3,12-13H2/b19-14-. The number of halogens is 1. The lowest BCUT2D eigenvalue weighted by Gasteiger charge is -2.15. The second-order valence-corrected chi connectivity index (χ2v) is 6.61. The fourth-order valence-corrected chi connectivity index (χ4v) is 3.00. The van der Waals surface area contributed by atoms with Gasteiger partial charge in [-0.15, -0.1) is 11.6 Å². The Kier molecular flexibility index (Phi) is 5.30. The molecule has 0 amide bonds. The van der Waals surface area contributed by atoms with Crippen LogP contribution in [0.25, 0.3) is 5.57 Å². The van der Waals surface area contributed by atoms with Gasteiger partial charge in [-0.05, 0) is 76.9 Å². The zero-order valence-corrected chi connectivity index (χ0v) is 14.8. The number of phenolic OH excluding ortho intramolecular Hbond substituents is 2. The fourth-order valence-electron chi connectivity index (χ4n) is 2.87. The molecule has 25 heavy (non-hydrogen) atoms. The third-order valence-electron chi connectivity index (χ3n) is 4.29. The van der Waals surface area contributed by atoms with Crippen molar-refractivity contribution in [2.45, 2.75) is 19.3 Å². The molecule has 0 atom stereocenters. The number of hydrogen-bond acceptors (Lipinski definition) is 2. The molecule has 1 fully saturated rings. The van der Waals surface area contributed by atoms with Gasteiger partial charge in [0.2, 0.25) is 0 Å². The van der Waals surface area contributed by atoms with E-state index in [1.165, 1.54) is 16.7 Å². The summed E-state index contributed by atoms with van der Waals surface area (Å²) in [5.74, 6) is 1.08. The fraction of sp³-hybridized carbons (Fsp3) is 0.182. The summed E-state index contributed by atoms with van der Waals surface area (Å²) >= 11 is 5.94. The van der Waals surface area contributed by atoms with E-state index in [2.05, 4.69) is 12.7 Å². The normalized spacial score (nSPS) is 14.6. The van der Waals surface area contributed by atoms with E-state index in [9.17, 15) is 10.2 Å². The zero-order chi connectivity index (χ0) is 17.8. The molecule has 1 aliphatic rings. The van der Waals surface area contributed by atoms with Gasteiger partial charge in [-0.25, -0.2) is 0 Å². The van der Waals surface area contributed by atoms with Gasteiger partial charge in [-0.1, -0.05) is 36.9 Å². The second-order valence-electron chi connectivity index (χ2n) is 6.24. The molecule has 2 N–H and O–H groups in total. The van der Waals surface area contributed by atoms with Crippen molar-refractivity contribution in [3.63, 3.8) is 0 Å². The Bertz CT molecular complexity index is 780. The van der Waals surface area contributed by atoms with Gasteiger partial charge in [0, 0.05) is 5.88 Å². The topological polar surface area (TPSA) is 40.5 Å². The van der Waals surface area contributed by atoms with Crippen molar-refractivity contribution in [1.82, 2.24) is 0 Å². The summed E-state index contributed by atoms with van der Waals surface area (Å²) in [6.07, 6.45) is 4.91. The van der Waals surface area contributed by atoms with Gasteiger partial charge in [0.05, 0.1) is 0 Å². The van der Waals surface area contributed by atoms with Crippen LogP contribution >= 0.6 is 11.6 Å². The Morgan fingerprint density at radius 2 is 1.44 bits per heavy atom. The maximum atomic E-state index is 9.63. The molecule has 1 aliphatic carbocycles. The maximum Gasteiger partial charge on any atom is 0.115 e. The van der Waals surface area contributed by atoms with Crippen LogP contribution in [0.3, 0.4) is 0 Å². The minimum Gasteiger partial charge on any atom is -0.508 e. The lowest BCUT2D eigenvalue weighted by molar-refractivity contribution is 0.475. The first-order valence-electron chi connectivity index (χ1n) is 8.35. The van der Waals surface area contributed by atoms with E-state index in [1.807, 2.05) is 24.3 Å². The lowest BCUT2D eigenvalue weighted by Crippen LogP contribution is -1.95. The van der Waals surface area contributed by atoms with Crippen LogP contribution in [0.1, 0.15) is 30.4 Å². The number of allylic oxidation sites excluding steroid dienone is 4. The SMILES string of the molecule is C=C1C/C1=C/C(CCCCl)=C(c1ccc(O)cc1)c1ccc(O)cc1. The predicted octanol–water partition coefficient (Wildman–Crippen LogP) is 5.81. The molecule has 1 saturated carbocycles. The molecule has 2 nitrogen and oxygen atoms in total. The van der Waals surface area contributed by atoms with Gasteiger partial charge in [-0.3, -0.25) is 0 Å². The van der Waals surface area contributed by atoms with E-state index in [-0.39, 0.29) is 11.5 Å². The Morgan fingerprint density at radius 3 is 1.84 bits per heavy atom. The molecular weight excluding hydrogens is 332 g/mol. The highest BCUT2D eigenvalue weighted by Crippen LogP contribution is 2.39. The molecule has 0 radical (unpaired) electrons. The highest BCUT2D eigenvalue weighted by Gasteiger charge is 2.20. The van der Waals surface area contributed by atoms with Gasteiger partial charge in [0.1, 0.15) is 11.5 Å². The van der Waals surface area contributed by atoms with Crippen molar-refractivity contribution in [2.24, 2.45) is 0 Å². The van der Waals surface area contributed by atoms with Crippen LogP contribution in [0.2, 0.25) is 0 Å². The summed E-state index contributed by atoms with van der Waals surface area (Å²) < 4.78 is 0. The molecule has 0 heterocycles. The second kappa shape index (κ2) is 7.62. The van der Waals surface area contributed by atoms with Crippen molar-refractivity contribution >= 4 is 17.2 Å². The van der Waals surface area contributed by atoms with Crippen LogP contribution in [0, 0.1) is 0 Å². The number of alkyl halides is 1. The highest BCUT2D eigenvalue weighted by molar-refractivity contribution is 6.17. The van der Waals surface area contributed by atoms with Gasteiger partial charge in [-0.2, -0.15) is 0 Å². The Hall–Kier alpha value is -2.45. The summed E-state index contributed by atoms with van der Waals surface area (Å²) in [5, 5.41) is 19.3. The Morgan fingerprint density at radius 1 is 0.960 bits per heavy atom. The summed E-state index contributed by atoms with van der Waals surface area (Å²) in [5.41, 5.74) is 6.80. The molecular formula is C22H21ClO2. The highest BCUT2D eigenvalue weighted by atomic mass is 35.5. The first kappa shape index (κ1) is 17.4. The molecule has 0 spiro atoms. The number of rotatable bonds is 6. The largest absolute Gasteiger partial charge is 0.508 e. The van der Waals surface area contributed by atoms with E-state index >= 15 is 0 Å². The van der Waals surface area contributed by atoms with Crippen LogP contribution < -0.4 is 0 Å². The van der Waals surface area contributed by atoms with E-state index in [0.29, 0.717) is 5.88 Å². The van der Waals surface area contributed by atoms with Crippen LogP contribution in [0.15, 0.2) is 77.9 Å². The quantitative estimate of drug-likeness (QED) is 0.644. The molecule has 0 unspecified atom stereocenters. The molecule has 0 aromatic heterocycles. The number of phenols is 2. The van der Waals surface area contributed by atoms with Crippen LogP contribution in [0.5, 0.6) is 11.5 Å². The van der Waals surface area contributed by atoms with Gasteiger partial charge in [0.25, 0.3) is 0 Å². The van der Waals surface area contributed by atoms with Gasteiger partial charge >= 0.3 is 0 Å². The van der Waals surface area contributed by atoms with E-state index in [4.69, 9.17) is 11.6 Å². The van der Waals surface area contributed by atoms with Crippen molar-refractivity contribution in [2.75, 3.05) is 5.88 Å². The number of benzene rings is 2. The lowest BCUT2D eigenvalue weighted by atomic mass is 9.90. The zero-order valence-electron chi connectivity index (χ0n) is 14.0.